The Hall–Kier alpha value is -1.53. The maximum atomic E-state index is 10.9. The maximum absolute atomic E-state index is 10.9. The van der Waals surface area contributed by atoms with Gasteiger partial charge in [0.1, 0.15) is 0 Å². The van der Waals surface area contributed by atoms with Crippen LogP contribution in [0.25, 0.3) is 0 Å². The van der Waals surface area contributed by atoms with Crippen molar-refractivity contribution >= 4 is 24.2 Å². The SMILES string of the molecule is CC(=O)Oc1ccc(B2OC(C)(C)C(C)(C)O2)cc1N. The molecule has 1 aromatic carbocycles. The summed E-state index contributed by atoms with van der Waals surface area (Å²) < 4.78 is 16.9. The molecule has 5 nitrogen and oxygen atoms in total. The quantitative estimate of drug-likeness (QED) is 0.384. The molecule has 0 saturated carbocycles. The lowest BCUT2D eigenvalue weighted by Gasteiger charge is -2.32. The summed E-state index contributed by atoms with van der Waals surface area (Å²) in [5.41, 5.74) is 6.27. The lowest BCUT2D eigenvalue weighted by atomic mass is 9.79. The number of hydrogen-bond acceptors (Lipinski definition) is 5. The van der Waals surface area contributed by atoms with Gasteiger partial charge in [-0.2, -0.15) is 0 Å². The summed E-state index contributed by atoms with van der Waals surface area (Å²) in [6, 6.07) is 5.15. The van der Waals surface area contributed by atoms with Gasteiger partial charge in [-0.1, -0.05) is 6.07 Å². The van der Waals surface area contributed by atoms with Gasteiger partial charge in [-0.25, -0.2) is 0 Å². The normalized spacial score (nSPS) is 19.9. The van der Waals surface area contributed by atoms with E-state index in [0.29, 0.717) is 11.4 Å². The van der Waals surface area contributed by atoms with Crippen molar-refractivity contribution in [1.29, 1.82) is 0 Å². The zero-order valence-electron chi connectivity index (χ0n) is 12.5. The van der Waals surface area contributed by atoms with E-state index in [4.69, 9.17) is 19.8 Å². The lowest BCUT2D eigenvalue weighted by Crippen LogP contribution is -2.41. The molecular formula is C14H20BNO4. The summed E-state index contributed by atoms with van der Waals surface area (Å²) in [6.07, 6.45) is 0. The summed E-state index contributed by atoms with van der Waals surface area (Å²) >= 11 is 0. The Bertz CT molecular complexity index is 526. The molecule has 1 saturated heterocycles. The zero-order chi connectivity index (χ0) is 15.1. The van der Waals surface area contributed by atoms with Crippen molar-refractivity contribution in [2.45, 2.75) is 45.8 Å². The first-order chi connectivity index (χ1) is 9.12. The fourth-order valence-corrected chi connectivity index (χ4v) is 1.94. The number of carbonyl (C=O) groups excluding carboxylic acids is 1. The molecule has 1 aliphatic rings. The van der Waals surface area contributed by atoms with E-state index in [-0.39, 0.29) is 0 Å². The van der Waals surface area contributed by atoms with Gasteiger partial charge in [-0.05, 0) is 45.3 Å². The molecule has 2 rings (SSSR count). The van der Waals surface area contributed by atoms with Crippen LogP contribution in [-0.4, -0.2) is 24.3 Å². The average molecular weight is 277 g/mol. The van der Waals surface area contributed by atoms with E-state index in [1.54, 1.807) is 18.2 Å². The zero-order valence-corrected chi connectivity index (χ0v) is 12.5. The van der Waals surface area contributed by atoms with E-state index in [9.17, 15) is 4.79 Å². The second-order valence-electron chi connectivity index (χ2n) is 5.98. The number of rotatable bonds is 2. The maximum Gasteiger partial charge on any atom is 0.494 e. The monoisotopic (exact) mass is 277 g/mol. The first kappa shape index (κ1) is 14.9. The minimum atomic E-state index is -0.478. The average Bonchev–Trinajstić information content (AvgIpc) is 2.50. The molecule has 0 unspecified atom stereocenters. The molecule has 20 heavy (non-hydrogen) atoms. The minimum Gasteiger partial charge on any atom is -0.425 e. The highest BCUT2D eigenvalue weighted by Gasteiger charge is 2.51. The predicted octanol–water partition coefficient (Wildman–Crippen LogP) is 1.49. The second kappa shape index (κ2) is 4.79. The standard InChI is InChI=1S/C14H20BNO4/c1-9(17)18-12-7-6-10(8-11(12)16)15-19-13(2,3)14(4,5)20-15/h6-8H,16H2,1-5H3. The van der Waals surface area contributed by atoms with E-state index in [0.717, 1.165) is 5.46 Å². The Labute approximate surface area is 119 Å². The van der Waals surface area contributed by atoms with Gasteiger partial charge in [0.2, 0.25) is 0 Å². The van der Waals surface area contributed by atoms with Gasteiger partial charge in [-0.15, -0.1) is 0 Å². The van der Waals surface area contributed by atoms with Crippen LogP contribution in [-0.2, 0) is 14.1 Å². The number of nitrogens with two attached hydrogens (primary N) is 1. The summed E-state index contributed by atoms with van der Waals surface area (Å²) in [4.78, 5) is 10.9. The molecule has 1 aliphatic heterocycles. The number of benzene rings is 1. The molecule has 0 atom stereocenters. The fourth-order valence-electron chi connectivity index (χ4n) is 1.94. The fraction of sp³-hybridized carbons (Fsp3) is 0.500. The third-order valence-electron chi connectivity index (χ3n) is 3.81. The molecule has 0 bridgehead atoms. The molecule has 108 valence electrons. The number of esters is 1. The van der Waals surface area contributed by atoms with Gasteiger partial charge in [0.25, 0.3) is 0 Å². The number of nitrogen functional groups attached to an aromatic ring is 1. The Morgan fingerprint density at radius 1 is 1.20 bits per heavy atom. The van der Waals surface area contributed by atoms with Crippen molar-refractivity contribution in [3.8, 4) is 5.75 Å². The third-order valence-corrected chi connectivity index (χ3v) is 3.81. The van der Waals surface area contributed by atoms with E-state index >= 15 is 0 Å². The number of ether oxygens (including phenoxy) is 1. The van der Waals surface area contributed by atoms with Gasteiger partial charge in [-0.3, -0.25) is 4.79 Å². The van der Waals surface area contributed by atoms with Crippen LogP contribution in [0.1, 0.15) is 34.6 Å². The highest BCUT2D eigenvalue weighted by molar-refractivity contribution is 6.62. The van der Waals surface area contributed by atoms with Crippen LogP contribution < -0.4 is 15.9 Å². The minimum absolute atomic E-state index is 0.345. The predicted molar refractivity (Wildman–Crippen MR) is 77.9 cm³/mol. The van der Waals surface area contributed by atoms with Gasteiger partial charge in [0.15, 0.2) is 5.75 Å². The molecule has 6 heteroatoms. The molecule has 1 aromatic rings. The summed E-state index contributed by atoms with van der Waals surface area (Å²) in [5.74, 6) is -0.0575. The first-order valence-corrected chi connectivity index (χ1v) is 6.56. The van der Waals surface area contributed by atoms with Crippen LogP contribution in [0.3, 0.4) is 0 Å². The van der Waals surface area contributed by atoms with Crippen LogP contribution >= 0.6 is 0 Å². The van der Waals surface area contributed by atoms with E-state index in [1.807, 2.05) is 27.7 Å². The van der Waals surface area contributed by atoms with Crippen molar-refractivity contribution in [3.05, 3.63) is 18.2 Å². The Balaban J connectivity index is 2.24. The van der Waals surface area contributed by atoms with Gasteiger partial charge in [0, 0.05) is 6.92 Å². The number of hydrogen-bond donors (Lipinski definition) is 1. The molecule has 1 fully saturated rings. The van der Waals surface area contributed by atoms with Crippen molar-refractivity contribution in [1.82, 2.24) is 0 Å². The van der Waals surface area contributed by atoms with Gasteiger partial charge < -0.3 is 19.8 Å². The largest absolute Gasteiger partial charge is 0.494 e. The topological polar surface area (TPSA) is 70.8 Å². The van der Waals surface area contributed by atoms with Crippen LogP contribution in [0.5, 0.6) is 5.75 Å². The molecule has 1 heterocycles. The van der Waals surface area contributed by atoms with Crippen molar-refractivity contribution in [3.63, 3.8) is 0 Å². The lowest BCUT2D eigenvalue weighted by molar-refractivity contribution is -0.131. The van der Waals surface area contributed by atoms with E-state index < -0.39 is 24.3 Å². The van der Waals surface area contributed by atoms with Gasteiger partial charge in [0.05, 0.1) is 16.9 Å². The third kappa shape index (κ3) is 2.67. The Morgan fingerprint density at radius 2 is 1.75 bits per heavy atom. The molecule has 0 amide bonds. The van der Waals surface area contributed by atoms with E-state index in [1.165, 1.54) is 6.92 Å². The highest BCUT2D eigenvalue weighted by atomic mass is 16.7. The number of anilines is 1. The molecule has 0 spiro atoms. The molecular weight excluding hydrogens is 257 g/mol. The molecule has 0 aromatic heterocycles. The summed E-state index contributed by atoms with van der Waals surface area (Å²) in [6.45, 7) is 9.29. The van der Waals surface area contributed by atoms with Crippen LogP contribution in [0.4, 0.5) is 5.69 Å². The Morgan fingerprint density at radius 3 is 2.20 bits per heavy atom. The van der Waals surface area contributed by atoms with Crippen molar-refractivity contribution < 1.29 is 18.8 Å². The Kier molecular flexibility index (Phi) is 3.56. The number of carbonyl (C=O) groups is 1. The smallest absolute Gasteiger partial charge is 0.425 e. The molecule has 0 aliphatic carbocycles. The van der Waals surface area contributed by atoms with Crippen LogP contribution in [0.15, 0.2) is 18.2 Å². The first-order valence-electron chi connectivity index (χ1n) is 6.56. The van der Waals surface area contributed by atoms with Crippen LogP contribution in [0.2, 0.25) is 0 Å². The van der Waals surface area contributed by atoms with Crippen molar-refractivity contribution in [2.24, 2.45) is 0 Å². The highest BCUT2D eigenvalue weighted by Crippen LogP contribution is 2.36. The van der Waals surface area contributed by atoms with E-state index in [2.05, 4.69) is 0 Å². The van der Waals surface area contributed by atoms with Gasteiger partial charge >= 0.3 is 13.1 Å². The van der Waals surface area contributed by atoms with Crippen LogP contribution in [0, 0.1) is 0 Å². The summed E-state index contributed by atoms with van der Waals surface area (Å²) in [7, 11) is -0.478. The molecule has 0 radical (unpaired) electrons. The molecule has 2 N–H and O–H groups in total. The second-order valence-corrected chi connectivity index (χ2v) is 5.98. The summed E-state index contributed by atoms with van der Waals surface area (Å²) in [5, 5.41) is 0. The van der Waals surface area contributed by atoms with Crippen molar-refractivity contribution in [2.75, 3.05) is 5.73 Å².